The van der Waals surface area contributed by atoms with Crippen LogP contribution in [0.25, 0.3) is 11.0 Å². The Morgan fingerprint density at radius 1 is 1.33 bits per heavy atom. The summed E-state index contributed by atoms with van der Waals surface area (Å²) in [5, 5.41) is 21.2. The number of aliphatic hydroxyl groups excluding tert-OH is 1. The summed E-state index contributed by atoms with van der Waals surface area (Å²) in [7, 11) is 0. The van der Waals surface area contributed by atoms with Crippen molar-refractivity contribution >= 4 is 41.8 Å². The number of hydrogen-bond donors (Lipinski definition) is 3. The number of fused-ring (bicyclic) bond motifs is 1. The van der Waals surface area contributed by atoms with Gasteiger partial charge in [-0.2, -0.15) is 5.10 Å². The van der Waals surface area contributed by atoms with Crippen molar-refractivity contribution in [1.82, 2.24) is 25.4 Å². The molecule has 1 amide bonds. The van der Waals surface area contributed by atoms with Gasteiger partial charge in [0.25, 0.3) is 5.91 Å². The Morgan fingerprint density at radius 2 is 2.04 bits per heavy atom. The third-order valence-corrected chi connectivity index (χ3v) is 4.74. The standard InChI is InChI=1S/C18H27N5O2.2ClH/c1-10(2)15-5-13(14-8-21-23(11(3)4)17(14)22-15)18(25)20-7-12-6-19-9-16(12)24;;/h5,8,10-12,16,19,24H,6-7,9H2,1-4H3,(H,20,25);2*1H. The molecule has 0 spiro atoms. The summed E-state index contributed by atoms with van der Waals surface area (Å²) in [5.74, 6) is 0.119. The Morgan fingerprint density at radius 3 is 2.59 bits per heavy atom. The van der Waals surface area contributed by atoms with E-state index in [4.69, 9.17) is 4.98 Å². The number of nitrogens with one attached hydrogen (secondary N) is 2. The van der Waals surface area contributed by atoms with Crippen molar-refractivity contribution in [3.05, 3.63) is 23.5 Å². The van der Waals surface area contributed by atoms with Gasteiger partial charge in [0, 0.05) is 37.3 Å². The van der Waals surface area contributed by atoms with Crippen molar-refractivity contribution in [3.8, 4) is 0 Å². The van der Waals surface area contributed by atoms with E-state index in [0.29, 0.717) is 18.7 Å². The van der Waals surface area contributed by atoms with Gasteiger partial charge >= 0.3 is 0 Å². The van der Waals surface area contributed by atoms with Crippen LogP contribution in [-0.4, -0.2) is 51.5 Å². The quantitative estimate of drug-likeness (QED) is 0.693. The predicted molar refractivity (Wildman–Crippen MR) is 111 cm³/mol. The first-order chi connectivity index (χ1) is 11.9. The van der Waals surface area contributed by atoms with Crippen LogP contribution in [0.5, 0.6) is 0 Å². The van der Waals surface area contributed by atoms with E-state index in [1.54, 1.807) is 6.20 Å². The first kappa shape index (κ1) is 23.6. The highest BCUT2D eigenvalue weighted by molar-refractivity contribution is 6.05. The Kier molecular flexibility index (Phi) is 8.48. The molecular formula is C18H29Cl2N5O2. The minimum absolute atomic E-state index is 0. The molecular weight excluding hydrogens is 389 g/mol. The van der Waals surface area contributed by atoms with Gasteiger partial charge in [0.2, 0.25) is 0 Å². The van der Waals surface area contributed by atoms with Crippen LogP contribution in [0.3, 0.4) is 0 Å². The van der Waals surface area contributed by atoms with Gasteiger partial charge in [-0.05, 0) is 25.8 Å². The Labute approximate surface area is 172 Å². The van der Waals surface area contributed by atoms with E-state index in [0.717, 1.165) is 23.3 Å². The lowest BCUT2D eigenvalue weighted by atomic mass is 10.0. The molecule has 152 valence electrons. The number of amides is 1. The van der Waals surface area contributed by atoms with Gasteiger partial charge in [-0.1, -0.05) is 13.8 Å². The summed E-state index contributed by atoms with van der Waals surface area (Å²) in [4.78, 5) is 17.5. The van der Waals surface area contributed by atoms with Crippen LogP contribution in [0.15, 0.2) is 12.3 Å². The summed E-state index contributed by atoms with van der Waals surface area (Å²) in [6.45, 7) is 9.97. The van der Waals surface area contributed by atoms with E-state index in [1.807, 2.05) is 24.6 Å². The molecule has 0 radical (unpaired) electrons. The lowest BCUT2D eigenvalue weighted by Crippen LogP contribution is -2.34. The van der Waals surface area contributed by atoms with Gasteiger partial charge in [0.1, 0.15) is 0 Å². The molecule has 3 heterocycles. The molecule has 2 unspecified atom stereocenters. The van der Waals surface area contributed by atoms with Crippen LogP contribution in [-0.2, 0) is 0 Å². The fourth-order valence-electron chi connectivity index (χ4n) is 3.15. The van der Waals surface area contributed by atoms with Crippen LogP contribution in [0.4, 0.5) is 0 Å². The maximum Gasteiger partial charge on any atom is 0.252 e. The smallest absolute Gasteiger partial charge is 0.252 e. The lowest BCUT2D eigenvalue weighted by Gasteiger charge is -2.15. The first-order valence-corrected chi connectivity index (χ1v) is 8.93. The topological polar surface area (TPSA) is 92.1 Å². The molecule has 9 heteroatoms. The molecule has 0 aliphatic carbocycles. The second-order valence-corrected chi connectivity index (χ2v) is 7.37. The fraction of sp³-hybridized carbons (Fsp3) is 0.611. The van der Waals surface area contributed by atoms with Crippen molar-refractivity contribution in [2.45, 2.75) is 45.8 Å². The van der Waals surface area contributed by atoms with Gasteiger partial charge in [-0.3, -0.25) is 4.79 Å². The molecule has 1 fully saturated rings. The highest BCUT2D eigenvalue weighted by Crippen LogP contribution is 2.24. The maximum atomic E-state index is 12.8. The lowest BCUT2D eigenvalue weighted by molar-refractivity contribution is 0.0928. The van der Waals surface area contributed by atoms with Crippen LogP contribution in [0.1, 0.15) is 55.7 Å². The van der Waals surface area contributed by atoms with Crippen molar-refractivity contribution in [1.29, 1.82) is 0 Å². The van der Waals surface area contributed by atoms with Gasteiger partial charge < -0.3 is 15.7 Å². The van der Waals surface area contributed by atoms with E-state index < -0.39 is 6.10 Å². The molecule has 1 aliphatic rings. The summed E-state index contributed by atoms with van der Waals surface area (Å²) in [5.41, 5.74) is 2.22. The van der Waals surface area contributed by atoms with Crippen molar-refractivity contribution in [3.63, 3.8) is 0 Å². The number of nitrogens with zero attached hydrogens (tertiary/aromatic N) is 3. The number of hydrogen-bond acceptors (Lipinski definition) is 5. The first-order valence-electron chi connectivity index (χ1n) is 8.93. The third kappa shape index (κ3) is 4.90. The number of β-amino-alcohol motifs (C(OH)–C–C–N with tert-alkyl or cyclic N) is 1. The van der Waals surface area contributed by atoms with Crippen LogP contribution in [0, 0.1) is 5.92 Å². The Hall–Kier alpha value is -1.41. The molecule has 2 aromatic rings. The maximum absolute atomic E-state index is 12.8. The summed E-state index contributed by atoms with van der Waals surface area (Å²) >= 11 is 0. The predicted octanol–water partition coefficient (Wildman–Crippen LogP) is 2.29. The molecule has 3 N–H and O–H groups in total. The minimum Gasteiger partial charge on any atom is -0.391 e. The number of carbonyl (C=O) groups excluding carboxylic acids is 1. The van der Waals surface area contributed by atoms with Gasteiger partial charge in [-0.25, -0.2) is 9.67 Å². The van der Waals surface area contributed by atoms with E-state index >= 15 is 0 Å². The molecule has 3 rings (SSSR count). The van der Waals surface area contributed by atoms with E-state index in [-0.39, 0.29) is 48.6 Å². The second-order valence-electron chi connectivity index (χ2n) is 7.37. The number of pyridine rings is 1. The van der Waals surface area contributed by atoms with Crippen molar-refractivity contribution in [2.24, 2.45) is 5.92 Å². The average molecular weight is 418 g/mol. The molecule has 1 aliphatic heterocycles. The zero-order valence-electron chi connectivity index (χ0n) is 16.1. The number of halogens is 2. The largest absolute Gasteiger partial charge is 0.391 e. The fourth-order valence-corrected chi connectivity index (χ4v) is 3.15. The molecule has 2 atom stereocenters. The monoisotopic (exact) mass is 417 g/mol. The van der Waals surface area contributed by atoms with Crippen LogP contribution < -0.4 is 10.6 Å². The number of aliphatic hydroxyl groups is 1. The molecule has 0 aromatic carbocycles. The normalized spacial score (nSPS) is 19.2. The highest BCUT2D eigenvalue weighted by Gasteiger charge is 2.26. The SMILES string of the molecule is CC(C)c1cc(C(=O)NCC2CNCC2O)c2cnn(C(C)C)c2n1.Cl.Cl. The number of carbonyl (C=O) groups is 1. The van der Waals surface area contributed by atoms with E-state index in [1.165, 1.54) is 0 Å². The highest BCUT2D eigenvalue weighted by atomic mass is 35.5. The number of aromatic nitrogens is 3. The Bertz CT molecular complexity index is 778. The second kappa shape index (κ2) is 9.68. The molecule has 0 saturated carbocycles. The summed E-state index contributed by atoms with van der Waals surface area (Å²) in [6, 6.07) is 2.03. The van der Waals surface area contributed by atoms with E-state index in [9.17, 15) is 9.90 Å². The molecule has 0 bridgehead atoms. The third-order valence-electron chi connectivity index (χ3n) is 4.74. The van der Waals surface area contributed by atoms with Gasteiger partial charge in [0.15, 0.2) is 5.65 Å². The minimum atomic E-state index is -0.410. The zero-order valence-corrected chi connectivity index (χ0v) is 17.7. The molecule has 27 heavy (non-hydrogen) atoms. The van der Waals surface area contributed by atoms with Crippen molar-refractivity contribution < 1.29 is 9.90 Å². The zero-order chi connectivity index (χ0) is 18.1. The van der Waals surface area contributed by atoms with Gasteiger partial charge in [-0.15, -0.1) is 24.8 Å². The Balaban J connectivity index is 0.00000182. The molecule has 2 aromatic heterocycles. The molecule has 1 saturated heterocycles. The molecule has 7 nitrogen and oxygen atoms in total. The van der Waals surface area contributed by atoms with E-state index in [2.05, 4.69) is 29.6 Å². The van der Waals surface area contributed by atoms with Gasteiger partial charge in [0.05, 0.1) is 23.3 Å². The number of rotatable bonds is 5. The van der Waals surface area contributed by atoms with Crippen molar-refractivity contribution in [2.75, 3.05) is 19.6 Å². The summed E-state index contributed by atoms with van der Waals surface area (Å²) in [6.07, 6.45) is 1.31. The van der Waals surface area contributed by atoms with Crippen LogP contribution >= 0.6 is 24.8 Å². The average Bonchev–Trinajstić information content (AvgIpc) is 3.17. The van der Waals surface area contributed by atoms with Crippen LogP contribution in [0.2, 0.25) is 0 Å². The summed E-state index contributed by atoms with van der Waals surface area (Å²) < 4.78 is 1.85.